The van der Waals surface area contributed by atoms with E-state index < -0.39 is 0 Å². The van der Waals surface area contributed by atoms with Crippen LogP contribution in [0.5, 0.6) is 5.88 Å². The van der Waals surface area contributed by atoms with Crippen LogP contribution >= 0.6 is 15.9 Å². The molecule has 1 aromatic rings. The van der Waals surface area contributed by atoms with Gasteiger partial charge in [-0.25, -0.2) is 9.98 Å². The minimum Gasteiger partial charge on any atom is -0.477 e. The first-order valence-corrected chi connectivity index (χ1v) is 7.77. The smallest absolute Gasteiger partial charge is 0.228 e. The van der Waals surface area contributed by atoms with Crippen LogP contribution in [-0.4, -0.2) is 36.4 Å². The van der Waals surface area contributed by atoms with Crippen LogP contribution in [0, 0.1) is 12.8 Å². The Hall–Kier alpha value is -1.10. The summed E-state index contributed by atoms with van der Waals surface area (Å²) < 4.78 is 6.56. The van der Waals surface area contributed by atoms with Gasteiger partial charge in [0.2, 0.25) is 5.88 Å². The van der Waals surface area contributed by atoms with Crippen molar-refractivity contribution >= 4 is 28.0 Å². The van der Waals surface area contributed by atoms with E-state index in [1.54, 1.807) is 0 Å². The zero-order valence-corrected chi connectivity index (χ0v) is 14.6. The standard InChI is InChI=1S/C15H24BrN3O/c1-6-19(5)10-17-14-9-13(16)15(18-12(14)4)20-8-7-11(2)3/h9-11H,6-8H2,1-5H3/b17-10+. The summed E-state index contributed by atoms with van der Waals surface area (Å²) in [4.78, 5) is 10.9. The van der Waals surface area contributed by atoms with E-state index >= 15 is 0 Å². The molecule has 0 fully saturated rings. The summed E-state index contributed by atoms with van der Waals surface area (Å²) in [6.07, 6.45) is 2.84. The summed E-state index contributed by atoms with van der Waals surface area (Å²) in [6.45, 7) is 9.99. The monoisotopic (exact) mass is 341 g/mol. The van der Waals surface area contributed by atoms with Crippen LogP contribution in [0.3, 0.4) is 0 Å². The fourth-order valence-corrected chi connectivity index (χ4v) is 1.83. The van der Waals surface area contributed by atoms with E-state index in [-0.39, 0.29) is 0 Å². The van der Waals surface area contributed by atoms with Crippen molar-refractivity contribution < 1.29 is 4.74 Å². The highest BCUT2D eigenvalue weighted by Gasteiger charge is 2.08. The van der Waals surface area contributed by atoms with Crippen molar-refractivity contribution in [1.82, 2.24) is 9.88 Å². The Kier molecular flexibility index (Phi) is 6.99. The molecule has 112 valence electrons. The van der Waals surface area contributed by atoms with E-state index in [4.69, 9.17) is 4.74 Å². The molecular weight excluding hydrogens is 318 g/mol. The number of hydrogen-bond donors (Lipinski definition) is 0. The summed E-state index contributed by atoms with van der Waals surface area (Å²) in [5, 5.41) is 0. The van der Waals surface area contributed by atoms with Gasteiger partial charge in [0.15, 0.2) is 0 Å². The maximum Gasteiger partial charge on any atom is 0.228 e. The molecule has 1 heterocycles. The third kappa shape index (κ3) is 5.49. The van der Waals surface area contributed by atoms with E-state index in [0.29, 0.717) is 18.4 Å². The van der Waals surface area contributed by atoms with Crippen LogP contribution in [-0.2, 0) is 0 Å². The molecule has 0 unspecified atom stereocenters. The van der Waals surface area contributed by atoms with Crippen molar-refractivity contribution in [3.63, 3.8) is 0 Å². The minimum atomic E-state index is 0.628. The van der Waals surface area contributed by atoms with Crippen LogP contribution in [0.15, 0.2) is 15.5 Å². The molecule has 0 radical (unpaired) electrons. The lowest BCUT2D eigenvalue weighted by atomic mass is 10.1. The molecule has 0 aliphatic heterocycles. The van der Waals surface area contributed by atoms with E-state index in [1.807, 2.05) is 31.3 Å². The largest absolute Gasteiger partial charge is 0.477 e. The highest BCUT2D eigenvalue weighted by atomic mass is 79.9. The number of ether oxygens (including phenoxy) is 1. The van der Waals surface area contributed by atoms with Gasteiger partial charge in [0.25, 0.3) is 0 Å². The van der Waals surface area contributed by atoms with Gasteiger partial charge in [-0.15, -0.1) is 0 Å². The summed E-state index contributed by atoms with van der Waals surface area (Å²) in [5.41, 5.74) is 1.72. The summed E-state index contributed by atoms with van der Waals surface area (Å²) in [6, 6.07) is 1.95. The van der Waals surface area contributed by atoms with Crippen LogP contribution in [0.2, 0.25) is 0 Å². The highest BCUT2D eigenvalue weighted by Crippen LogP contribution is 2.29. The van der Waals surface area contributed by atoms with E-state index in [0.717, 1.165) is 28.8 Å². The van der Waals surface area contributed by atoms with Gasteiger partial charge in [-0.2, -0.15) is 0 Å². The van der Waals surface area contributed by atoms with Gasteiger partial charge in [-0.05, 0) is 48.2 Å². The van der Waals surface area contributed by atoms with Crippen LogP contribution in [0.25, 0.3) is 0 Å². The Morgan fingerprint density at radius 2 is 2.20 bits per heavy atom. The van der Waals surface area contributed by atoms with Gasteiger partial charge in [-0.1, -0.05) is 13.8 Å². The van der Waals surface area contributed by atoms with Gasteiger partial charge in [0, 0.05) is 13.6 Å². The normalized spacial score (nSPS) is 11.3. The Morgan fingerprint density at radius 3 is 2.80 bits per heavy atom. The van der Waals surface area contributed by atoms with E-state index in [9.17, 15) is 0 Å². The predicted molar refractivity (Wildman–Crippen MR) is 88.1 cm³/mol. The predicted octanol–water partition coefficient (Wildman–Crippen LogP) is 4.19. The highest BCUT2D eigenvalue weighted by molar-refractivity contribution is 9.10. The van der Waals surface area contributed by atoms with Crippen LogP contribution < -0.4 is 4.74 Å². The third-order valence-electron chi connectivity index (χ3n) is 2.93. The number of rotatable bonds is 7. The zero-order chi connectivity index (χ0) is 15.1. The average Bonchev–Trinajstić information content (AvgIpc) is 2.39. The molecule has 0 saturated carbocycles. The van der Waals surface area contributed by atoms with Gasteiger partial charge < -0.3 is 9.64 Å². The molecular formula is C15H24BrN3O. The second kappa shape index (κ2) is 8.25. The molecule has 0 spiro atoms. The molecule has 0 aliphatic rings. The Bertz CT molecular complexity index is 461. The maximum absolute atomic E-state index is 5.71. The van der Waals surface area contributed by atoms with E-state index in [1.165, 1.54) is 0 Å². The number of aliphatic imine (C=N–C) groups is 1. The topological polar surface area (TPSA) is 37.7 Å². The molecule has 0 N–H and O–H groups in total. The molecule has 0 atom stereocenters. The van der Waals surface area contributed by atoms with Crippen molar-refractivity contribution in [2.75, 3.05) is 20.2 Å². The van der Waals surface area contributed by atoms with Gasteiger partial charge >= 0.3 is 0 Å². The third-order valence-corrected chi connectivity index (χ3v) is 3.50. The second-order valence-electron chi connectivity index (χ2n) is 5.23. The Balaban J connectivity index is 2.78. The summed E-state index contributed by atoms with van der Waals surface area (Å²) in [7, 11) is 1.99. The molecule has 1 aromatic heterocycles. The molecule has 0 amide bonds. The molecule has 1 rings (SSSR count). The first-order valence-electron chi connectivity index (χ1n) is 6.98. The summed E-state index contributed by atoms with van der Waals surface area (Å²) in [5.74, 6) is 1.27. The number of aryl methyl sites for hydroxylation is 1. The molecule has 0 aliphatic carbocycles. The molecule has 4 nitrogen and oxygen atoms in total. The van der Waals surface area contributed by atoms with Crippen molar-refractivity contribution in [3.8, 4) is 5.88 Å². The number of halogens is 1. The number of nitrogens with zero attached hydrogens (tertiary/aromatic N) is 3. The van der Waals surface area contributed by atoms with Gasteiger partial charge in [0.1, 0.15) is 0 Å². The fraction of sp³-hybridized carbons (Fsp3) is 0.600. The second-order valence-corrected chi connectivity index (χ2v) is 6.08. The number of hydrogen-bond acceptors (Lipinski definition) is 3. The van der Waals surface area contributed by atoms with Crippen molar-refractivity contribution in [2.45, 2.75) is 34.1 Å². The van der Waals surface area contributed by atoms with Crippen LogP contribution in [0.4, 0.5) is 5.69 Å². The SMILES string of the molecule is CCN(C)/C=N/c1cc(Br)c(OCCC(C)C)nc1C. The van der Waals surface area contributed by atoms with Gasteiger partial charge in [-0.3, -0.25) is 0 Å². The first-order chi connectivity index (χ1) is 9.43. The lowest BCUT2D eigenvalue weighted by Gasteiger charge is -2.12. The lowest BCUT2D eigenvalue weighted by Crippen LogP contribution is -2.14. The molecule has 0 aromatic carbocycles. The number of pyridine rings is 1. The minimum absolute atomic E-state index is 0.628. The lowest BCUT2D eigenvalue weighted by molar-refractivity contribution is 0.277. The van der Waals surface area contributed by atoms with Crippen molar-refractivity contribution in [1.29, 1.82) is 0 Å². The first kappa shape index (κ1) is 17.0. The Labute approximate surface area is 130 Å². The van der Waals surface area contributed by atoms with Crippen molar-refractivity contribution in [3.05, 3.63) is 16.2 Å². The van der Waals surface area contributed by atoms with E-state index in [2.05, 4.69) is 46.7 Å². The Morgan fingerprint density at radius 1 is 1.50 bits per heavy atom. The fourth-order valence-electron chi connectivity index (χ4n) is 1.41. The van der Waals surface area contributed by atoms with Crippen molar-refractivity contribution in [2.24, 2.45) is 10.9 Å². The average molecular weight is 342 g/mol. The molecule has 0 bridgehead atoms. The maximum atomic E-state index is 5.71. The summed E-state index contributed by atoms with van der Waals surface area (Å²) >= 11 is 3.50. The zero-order valence-electron chi connectivity index (χ0n) is 13.0. The molecule has 0 saturated heterocycles. The number of aromatic nitrogens is 1. The molecule has 20 heavy (non-hydrogen) atoms. The quantitative estimate of drug-likeness (QED) is 0.551. The molecule has 5 heteroatoms. The van der Waals surface area contributed by atoms with Gasteiger partial charge in [0.05, 0.1) is 28.8 Å². The van der Waals surface area contributed by atoms with Crippen LogP contribution in [0.1, 0.15) is 32.9 Å².